The molecule has 5 heteroatoms. The van der Waals surface area contributed by atoms with E-state index in [9.17, 15) is 13.2 Å². The summed E-state index contributed by atoms with van der Waals surface area (Å²) in [7, 11) is 0. The predicted molar refractivity (Wildman–Crippen MR) is 66.2 cm³/mol. The molecule has 104 valence electrons. The van der Waals surface area contributed by atoms with Crippen LogP contribution in [0.1, 0.15) is 26.2 Å². The maximum atomic E-state index is 12.5. The summed E-state index contributed by atoms with van der Waals surface area (Å²) in [6.07, 6.45) is 0.220. The van der Waals surface area contributed by atoms with Crippen molar-refractivity contribution in [3.05, 3.63) is 36.0 Å². The summed E-state index contributed by atoms with van der Waals surface area (Å²) in [5.74, 6) is 0. The number of nitriles is 1. The first-order valence-corrected chi connectivity index (χ1v) is 6.04. The first-order chi connectivity index (χ1) is 8.88. The molecule has 0 aromatic carbocycles. The Hall–Kier alpha value is -1.54. The molecule has 1 heterocycles. The highest BCUT2D eigenvalue weighted by Gasteiger charge is 2.31. The van der Waals surface area contributed by atoms with Crippen LogP contribution < -0.4 is 0 Å². The molecular formula is C14H16F3NO. The lowest BCUT2D eigenvalue weighted by Crippen LogP contribution is -2.27. The summed E-state index contributed by atoms with van der Waals surface area (Å²) < 4.78 is 43.0. The minimum absolute atomic E-state index is 0.374. The monoisotopic (exact) mass is 271 g/mol. The molecule has 0 spiro atoms. The minimum atomic E-state index is -4.37. The van der Waals surface area contributed by atoms with E-state index in [0.717, 1.165) is 18.6 Å². The molecule has 2 atom stereocenters. The zero-order valence-corrected chi connectivity index (χ0v) is 10.7. The van der Waals surface area contributed by atoms with E-state index in [2.05, 4.69) is 6.58 Å². The van der Waals surface area contributed by atoms with Crippen LogP contribution in [0.3, 0.4) is 0 Å². The van der Waals surface area contributed by atoms with E-state index in [1.165, 1.54) is 13.0 Å². The molecule has 2 nitrogen and oxygen atoms in total. The SMILES string of the molecule is C=C(/C=C\C(=C/C)C(F)(F)F)[C@H]1CCC[C@H](C#N)O1. The Labute approximate surface area is 110 Å². The largest absolute Gasteiger partial charge is 0.416 e. The van der Waals surface area contributed by atoms with Crippen molar-refractivity contribution >= 4 is 0 Å². The van der Waals surface area contributed by atoms with E-state index in [4.69, 9.17) is 10.00 Å². The van der Waals surface area contributed by atoms with E-state index in [0.29, 0.717) is 18.4 Å². The summed E-state index contributed by atoms with van der Waals surface area (Å²) in [5, 5.41) is 8.77. The molecule has 1 aliphatic heterocycles. The van der Waals surface area contributed by atoms with Gasteiger partial charge in [0, 0.05) is 0 Å². The normalized spacial score (nSPS) is 25.3. The number of hydrogen-bond acceptors (Lipinski definition) is 2. The number of ether oxygens (including phenoxy) is 1. The van der Waals surface area contributed by atoms with Crippen LogP contribution in [0.25, 0.3) is 0 Å². The van der Waals surface area contributed by atoms with Crippen molar-refractivity contribution in [3.63, 3.8) is 0 Å². The highest BCUT2D eigenvalue weighted by molar-refractivity contribution is 5.31. The second-order valence-corrected chi connectivity index (χ2v) is 4.32. The van der Waals surface area contributed by atoms with Crippen LogP contribution in [0.2, 0.25) is 0 Å². The van der Waals surface area contributed by atoms with Crippen LogP contribution in [0, 0.1) is 11.3 Å². The van der Waals surface area contributed by atoms with Crippen LogP contribution in [0.5, 0.6) is 0 Å². The highest BCUT2D eigenvalue weighted by atomic mass is 19.4. The number of allylic oxidation sites excluding steroid dienone is 3. The fourth-order valence-corrected chi connectivity index (χ4v) is 1.85. The third-order valence-electron chi connectivity index (χ3n) is 2.93. The second-order valence-electron chi connectivity index (χ2n) is 4.32. The number of rotatable bonds is 3. The Morgan fingerprint density at radius 2 is 2.05 bits per heavy atom. The van der Waals surface area contributed by atoms with Gasteiger partial charge < -0.3 is 4.74 Å². The predicted octanol–water partition coefficient (Wildman–Crippen LogP) is 4.07. The van der Waals surface area contributed by atoms with Gasteiger partial charge in [-0.05, 0) is 31.8 Å². The van der Waals surface area contributed by atoms with Crippen molar-refractivity contribution < 1.29 is 17.9 Å². The molecule has 0 bridgehead atoms. The van der Waals surface area contributed by atoms with E-state index in [-0.39, 0.29) is 6.10 Å². The summed E-state index contributed by atoms with van der Waals surface area (Å²) in [5.41, 5.74) is -0.259. The van der Waals surface area contributed by atoms with Gasteiger partial charge >= 0.3 is 6.18 Å². The van der Waals surface area contributed by atoms with Crippen molar-refractivity contribution in [2.45, 2.75) is 44.6 Å². The van der Waals surface area contributed by atoms with Gasteiger partial charge in [-0.1, -0.05) is 24.8 Å². The number of nitrogens with zero attached hydrogens (tertiary/aromatic N) is 1. The van der Waals surface area contributed by atoms with Gasteiger partial charge in [0.05, 0.1) is 17.7 Å². The van der Waals surface area contributed by atoms with Crippen LogP contribution >= 0.6 is 0 Å². The second kappa shape index (κ2) is 6.58. The zero-order valence-electron chi connectivity index (χ0n) is 10.7. The molecule has 1 saturated heterocycles. The molecular weight excluding hydrogens is 255 g/mol. The summed E-state index contributed by atoms with van der Waals surface area (Å²) >= 11 is 0. The van der Waals surface area contributed by atoms with Gasteiger partial charge in [0.2, 0.25) is 0 Å². The van der Waals surface area contributed by atoms with Gasteiger partial charge in [0.1, 0.15) is 6.10 Å². The van der Waals surface area contributed by atoms with Crippen molar-refractivity contribution in [1.82, 2.24) is 0 Å². The molecule has 1 aliphatic rings. The Kier molecular flexibility index (Phi) is 5.37. The molecule has 0 unspecified atom stereocenters. The molecule has 0 N–H and O–H groups in total. The first kappa shape index (κ1) is 15.5. The highest BCUT2D eigenvalue weighted by Crippen LogP contribution is 2.28. The summed E-state index contributed by atoms with van der Waals surface area (Å²) in [4.78, 5) is 0. The lowest BCUT2D eigenvalue weighted by atomic mass is 9.99. The molecule has 0 amide bonds. The third-order valence-corrected chi connectivity index (χ3v) is 2.93. The topological polar surface area (TPSA) is 33.0 Å². The third kappa shape index (κ3) is 4.56. The van der Waals surface area contributed by atoms with Crippen LogP contribution in [0.15, 0.2) is 36.0 Å². The van der Waals surface area contributed by atoms with E-state index in [1.807, 2.05) is 6.07 Å². The van der Waals surface area contributed by atoms with Gasteiger partial charge in [-0.3, -0.25) is 0 Å². The van der Waals surface area contributed by atoms with Gasteiger partial charge in [0.15, 0.2) is 0 Å². The van der Waals surface area contributed by atoms with Crippen LogP contribution in [-0.4, -0.2) is 18.4 Å². The first-order valence-electron chi connectivity index (χ1n) is 6.04. The smallest absolute Gasteiger partial charge is 0.355 e. The fourth-order valence-electron chi connectivity index (χ4n) is 1.85. The lowest BCUT2D eigenvalue weighted by molar-refractivity contribution is -0.0883. The maximum absolute atomic E-state index is 12.5. The Balaban J connectivity index is 2.67. The average Bonchev–Trinajstić information content (AvgIpc) is 2.37. The molecule has 0 radical (unpaired) electrons. The van der Waals surface area contributed by atoms with Crippen molar-refractivity contribution in [2.75, 3.05) is 0 Å². The van der Waals surface area contributed by atoms with Gasteiger partial charge in [-0.15, -0.1) is 0 Å². The lowest BCUT2D eigenvalue weighted by Gasteiger charge is -2.26. The molecule has 0 aromatic heterocycles. The van der Waals surface area contributed by atoms with Crippen LogP contribution in [0.4, 0.5) is 13.2 Å². The molecule has 0 aromatic rings. The van der Waals surface area contributed by atoms with Gasteiger partial charge in [-0.25, -0.2) is 0 Å². The quantitative estimate of drug-likeness (QED) is 0.725. The molecule has 19 heavy (non-hydrogen) atoms. The van der Waals surface area contributed by atoms with E-state index >= 15 is 0 Å². The van der Waals surface area contributed by atoms with Crippen molar-refractivity contribution in [2.24, 2.45) is 0 Å². The number of alkyl halides is 3. The molecule has 1 fully saturated rings. The number of halogens is 3. The Morgan fingerprint density at radius 1 is 1.37 bits per heavy atom. The molecule has 1 rings (SSSR count). The Bertz CT molecular complexity index is 429. The van der Waals surface area contributed by atoms with Gasteiger partial charge in [-0.2, -0.15) is 18.4 Å². The van der Waals surface area contributed by atoms with Crippen molar-refractivity contribution in [1.29, 1.82) is 5.26 Å². The zero-order chi connectivity index (χ0) is 14.5. The van der Waals surface area contributed by atoms with E-state index in [1.54, 1.807) is 0 Å². The summed E-state index contributed by atoms with van der Waals surface area (Å²) in [6.45, 7) is 5.05. The van der Waals surface area contributed by atoms with E-state index < -0.39 is 17.9 Å². The minimum Gasteiger partial charge on any atom is -0.355 e. The average molecular weight is 271 g/mol. The molecule has 0 saturated carbocycles. The standard InChI is InChI=1S/C14H16F3NO/c1-3-11(14(15,16)17)8-7-10(2)13-6-4-5-12(9-18)19-13/h3,7-8,12-13H,2,4-6H2,1H3/b8-7-,11-3+/t12-,13-/m1/s1. The van der Waals surface area contributed by atoms with Crippen molar-refractivity contribution in [3.8, 4) is 6.07 Å². The number of hydrogen-bond donors (Lipinski definition) is 0. The van der Waals surface area contributed by atoms with Gasteiger partial charge in [0.25, 0.3) is 0 Å². The molecule has 0 aliphatic carbocycles. The maximum Gasteiger partial charge on any atom is 0.416 e. The Morgan fingerprint density at radius 3 is 2.58 bits per heavy atom. The fraction of sp³-hybridized carbons (Fsp3) is 0.500. The summed E-state index contributed by atoms with van der Waals surface area (Å²) in [6, 6.07) is 2.01. The van der Waals surface area contributed by atoms with Crippen LogP contribution in [-0.2, 0) is 4.74 Å².